The molecule has 0 aromatic heterocycles. The van der Waals surface area contributed by atoms with Gasteiger partial charge in [-0.25, -0.2) is 4.79 Å². The fourth-order valence-corrected chi connectivity index (χ4v) is 4.18. The molecule has 0 spiro atoms. The molecule has 2 atom stereocenters. The van der Waals surface area contributed by atoms with E-state index in [9.17, 15) is 19.2 Å². The number of esters is 1. The van der Waals surface area contributed by atoms with Crippen LogP contribution in [-0.2, 0) is 9.53 Å². The Bertz CT molecular complexity index is 853. The van der Waals surface area contributed by atoms with E-state index >= 15 is 0 Å². The van der Waals surface area contributed by atoms with Crippen molar-refractivity contribution in [1.29, 1.82) is 0 Å². The lowest BCUT2D eigenvalue weighted by atomic mass is 9.92. The van der Waals surface area contributed by atoms with Crippen LogP contribution < -0.4 is 0 Å². The van der Waals surface area contributed by atoms with Gasteiger partial charge in [-0.2, -0.15) is 0 Å². The van der Waals surface area contributed by atoms with Crippen molar-refractivity contribution in [3.63, 3.8) is 0 Å². The highest BCUT2D eigenvalue weighted by Crippen LogP contribution is 2.25. The summed E-state index contributed by atoms with van der Waals surface area (Å²) in [7, 11) is 0. The number of rotatable bonds is 6. The van der Waals surface area contributed by atoms with Crippen LogP contribution in [0.3, 0.4) is 0 Å². The van der Waals surface area contributed by atoms with E-state index in [1.165, 1.54) is 23.1 Å². The van der Waals surface area contributed by atoms with Gasteiger partial charge in [0.25, 0.3) is 17.7 Å². The van der Waals surface area contributed by atoms with Crippen LogP contribution in [0.5, 0.6) is 0 Å². The van der Waals surface area contributed by atoms with Crippen LogP contribution in [0.2, 0.25) is 0 Å². The Hall–Kier alpha value is -2.70. The second-order valence-corrected chi connectivity index (χ2v) is 9.03. The molecule has 30 heavy (non-hydrogen) atoms. The molecule has 1 fully saturated rings. The molecule has 2 aliphatic heterocycles. The van der Waals surface area contributed by atoms with Gasteiger partial charge in [0.1, 0.15) is 0 Å². The molecule has 0 N–H and O–H groups in total. The first-order valence-corrected chi connectivity index (χ1v) is 10.6. The average Bonchev–Trinajstić information content (AvgIpc) is 2.93. The summed E-state index contributed by atoms with van der Waals surface area (Å²) in [5.74, 6) is -0.404. The second kappa shape index (κ2) is 8.98. The van der Waals surface area contributed by atoms with E-state index in [4.69, 9.17) is 4.74 Å². The number of benzene rings is 1. The number of imide groups is 1. The van der Waals surface area contributed by atoms with Crippen LogP contribution in [0.25, 0.3) is 0 Å². The first-order chi connectivity index (χ1) is 14.2. The Morgan fingerprint density at radius 1 is 1.07 bits per heavy atom. The second-order valence-electron chi connectivity index (χ2n) is 9.03. The number of amides is 3. The smallest absolute Gasteiger partial charge is 0.338 e. The lowest BCUT2D eigenvalue weighted by molar-refractivity contribution is -0.137. The molecule has 1 aromatic rings. The number of carbonyl (C=O) groups is 4. The number of hydrogen-bond donors (Lipinski definition) is 0. The highest BCUT2D eigenvalue weighted by molar-refractivity contribution is 6.22. The fraction of sp³-hybridized carbons (Fsp3) is 0.565. The Labute approximate surface area is 177 Å². The number of carbonyl (C=O) groups excluding carboxylic acids is 4. The third-order valence-electron chi connectivity index (χ3n) is 5.68. The Kier molecular flexibility index (Phi) is 6.58. The van der Waals surface area contributed by atoms with Gasteiger partial charge >= 0.3 is 5.97 Å². The predicted molar refractivity (Wildman–Crippen MR) is 111 cm³/mol. The van der Waals surface area contributed by atoms with Crippen LogP contribution >= 0.6 is 0 Å². The van der Waals surface area contributed by atoms with E-state index in [0.717, 1.165) is 12.8 Å². The van der Waals surface area contributed by atoms with Gasteiger partial charge in [-0.05, 0) is 48.8 Å². The molecule has 1 aromatic carbocycles. The number of fused-ring (bicyclic) bond motifs is 1. The molecule has 2 aliphatic rings. The molecule has 7 heteroatoms. The topological polar surface area (TPSA) is 84.0 Å². The molecule has 0 saturated carbocycles. The molecule has 3 rings (SSSR count). The summed E-state index contributed by atoms with van der Waals surface area (Å²) in [4.78, 5) is 52.9. The Morgan fingerprint density at radius 3 is 2.33 bits per heavy atom. The summed E-state index contributed by atoms with van der Waals surface area (Å²) in [6.45, 7) is 9.63. The summed E-state index contributed by atoms with van der Waals surface area (Å²) < 4.78 is 5.20. The van der Waals surface area contributed by atoms with Crippen LogP contribution in [0, 0.1) is 17.8 Å². The average molecular weight is 415 g/mol. The van der Waals surface area contributed by atoms with Gasteiger partial charge in [0.05, 0.1) is 16.7 Å². The molecular formula is C23H30N2O5. The molecule has 0 aliphatic carbocycles. The molecule has 3 amide bonds. The zero-order chi connectivity index (χ0) is 22.0. The van der Waals surface area contributed by atoms with Crippen molar-refractivity contribution in [2.45, 2.75) is 40.5 Å². The van der Waals surface area contributed by atoms with Gasteiger partial charge in [-0.15, -0.1) is 0 Å². The maximum atomic E-state index is 12.6. The van der Waals surface area contributed by atoms with E-state index in [2.05, 4.69) is 13.8 Å². The van der Waals surface area contributed by atoms with Crippen molar-refractivity contribution in [2.24, 2.45) is 17.8 Å². The largest absolute Gasteiger partial charge is 0.452 e. The van der Waals surface area contributed by atoms with Gasteiger partial charge in [0.15, 0.2) is 6.61 Å². The maximum Gasteiger partial charge on any atom is 0.338 e. The molecule has 7 nitrogen and oxygen atoms in total. The van der Waals surface area contributed by atoms with Gasteiger partial charge in [0, 0.05) is 19.6 Å². The highest BCUT2D eigenvalue weighted by atomic mass is 16.5. The third kappa shape index (κ3) is 4.71. The molecule has 1 saturated heterocycles. The molecule has 0 bridgehead atoms. The van der Waals surface area contributed by atoms with Gasteiger partial charge in [0.2, 0.25) is 0 Å². The highest BCUT2D eigenvalue weighted by Gasteiger charge is 2.36. The minimum absolute atomic E-state index is 0.161. The van der Waals surface area contributed by atoms with Crippen molar-refractivity contribution in [3.05, 3.63) is 34.9 Å². The summed E-state index contributed by atoms with van der Waals surface area (Å²) in [5.41, 5.74) is 0.671. The number of hydrogen-bond acceptors (Lipinski definition) is 5. The van der Waals surface area contributed by atoms with Gasteiger partial charge in [-0.3, -0.25) is 19.3 Å². The van der Waals surface area contributed by atoms with Crippen molar-refractivity contribution in [2.75, 3.05) is 26.2 Å². The van der Waals surface area contributed by atoms with Gasteiger partial charge < -0.3 is 9.64 Å². The standard InChI is InChI=1S/C23H30N2O5/c1-14(2)7-8-25-21(27)18-6-5-17(10-19(18)22(25)28)23(29)30-13-20(26)24-11-15(3)9-16(4)12-24/h5-6,10,14-16H,7-9,11-13H2,1-4H3. The zero-order valence-electron chi connectivity index (χ0n) is 18.1. The summed E-state index contributed by atoms with van der Waals surface area (Å²) >= 11 is 0. The van der Waals surface area contributed by atoms with E-state index in [-0.39, 0.29) is 29.5 Å². The lowest BCUT2D eigenvalue weighted by Crippen LogP contribution is -2.44. The first kappa shape index (κ1) is 22.0. The normalized spacial score (nSPS) is 21.2. The number of piperidine rings is 1. The van der Waals surface area contributed by atoms with Crippen LogP contribution in [0.1, 0.15) is 71.6 Å². The SMILES string of the molecule is CC(C)CCN1C(=O)c2ccc(C(=O)OCC(=O)N3CC(C)CC(C)C3)cc2C1=O. The van der Waals surface area contributed by atoms with Crippen molar-refractivity contribution in [3.8, 4) is 0 Å². The van der Waals surface area contributed by atoms with Crippen molar-refractivity contribution < 1.29 is 23.9 Å². The monoisotopic (exact) mass is 414 g/mol. The first-order valence-electron chi connectivity index (χ1n) is 10.6. The molecule has 0 radical (unpaired) electrons. The number of nitrogens with zero attached hydrogens (tertiary/aromatic N) is 2. The summed E-state index contributed by atoms with van der Waals surface area (Å²) in [5, 5.41) is 0. The quantitative estimate of drug-likeness (QED) is 0.528. The van der Waals surface area contributed by atoms with E-state index in [1.54, 1.807) is 4.90 Å². The van der Waals surface area contributed by atoms with Crippen molar-refractivity contribution in [1.82, 2.24) is 9.80 Å². The minimum Gasteiger partial charge on any atom is -0.452 e. The van der Waals surface area contributed by atoms with E-state index < -0.39 is 11.9 Å². The van der Waals surface area contributed by atoms with Gasteiger partial charge in [-0.1, -0.05) is 27.7 Å². The summed E-state index contributed by atoms with van der Waals surface area (Å²) in [6, 6.07) is 4.34. The fourth-order valence-electron chi connectivity index (χ4n) is 4.18. The number of likely N-dealkylation sites (tertiary alicyclic amines) is 1. The molecule has 2 unspecified atom stereocenters. The van der Waals surface area contributed by atoms with Crippen LogP contribution in [0.4, 0.5) is 0 Å². The van der Waals surface area contributed by atoms with Crippen LogP contribution in [-0.4, -0.2) is 59.7 Å². The van der Waals surface area contributed by atoms with E-state index in [0.29, 0.717) is 43.0 Å². The zero-order valence-corrected chi connectivity index (χ0v) is 18.1. The predicted octanol–water partition coefficient (Wildman–Crippen LogP) is 2.99. The van der Waals surface area contributed by atoms with Crippen molar-refractivity contribution >= 4 is 23.7 Å². The Morgan fingerprint density at radius 2 is 1.70 bits per heavy atom. The lowest BCUT2D eigenvalue weighted by Gasteiger charge is -2.34. The maximum absolute atomic E-state index is 12.6. The summed E-state index contributed by atoms with van der Waals surface area (Å²) in [6.07, 6.45) is 1.80. The molecular weight excluding hydrogens is 384 g/mol. The Balaban J connectivity index is 1.63. The van der Waals surface area contributed by atoms with Crippen LogP contribution in [0.15, 0.2) is 18.2 Å². The minimum atomic E-state index is -0.676. The molecule has 2 heterocycles. The van der Waals surface area contributed by atoms with E-state index in [1.807, 2.05) is 13.8 Å². The third-order valence-corrected chi connectivity index (χ3v) is 5.68. The molecule has 162 valence electrons. The number of ether oxygens (including phenoxy) is 1.